The number of amides is 1. The predicted molar refractivity (Wildman–Crippen MR) is 99.3 cm³/mol. The molecule has 0 aliphatic carbocycles. The molecular weight excluding hydrogens is 338 g/mol. The second kappa shape index (κ2) is 8.48. The minimum absolute atomic E-state index is 0.00145. The fraction of sp³-hybridized carbons (Fsp3) is 0.526. The molecule has 0 spiro atoms. The van der Waals surface area contributed by atoms with E-state index in [-0.39, 0.29) is 17.9 Å². The van der Waals surface area contributed by atoms with Crippen LogP contribution in [0.4, 0.5) is 0 Å². The molecule has 0 fully saturated rings. The smallest absolute Gasteiger partial charge is 0.249 e. The van der Waals surface area contributed by atoms with Gasteiger partial charge in [-0.05, 0) is 30.4 Å². The van der Waals surface area contributed by atoms with Gasteiger partial charge >= 0.3 is 0 Å². The summed E-state index contributed by atoms with van der Waals surface area (Å²) in [5.41, 5.74) is 1.79. The van der Waals surface area contributed by atoms with Crippen molar-refractivity contribution in [3.63, 3.8) is 0 Å². The Bertz CT molecular complexity index is 727. The van der Waals surface area contributed by atoms with Crippen molar-refractivity contribution in [2.45, 2.75) is 53.5 Å². The molecule has 1 aromatic carbocycles. The lowest BCUT2D eigenvalue weighted by Gasteiger charge is -2.21. The van der Waals surface area contributed by atoms with Crippen molar-refractivity contribution in [3.05, 3.63) is 34.7 Å². The van der Waals surface area contributed by atoms with E-state index in [2.05, 4.69) is 29.3 Å². The number of rotatable bonds is 7. The highest BCUT2D eigenvalue weighted by Crippen LogP contribution is 2.27. The van der Waals surface area contributed by atoms with E-state index >= 15 is 0 Å². The molecule has 0 saturated heterocycles. The Hall–Kier alpha value is -1.88. The average molecular weight is 364 g/mol. The minimum atomic E-state index is -0.293. The van der Waals surface area contributed by atoms with Gasteiger partial charge in [0.15, 0.2) is 0 Å². The van der Waals surface area contributed by atoms with E-state index in [1.54, 1.807) is 0 Å². The fourth-order valence-electron chi connectivity index (χ4n) is 2.50. The summed E-state index contributed by atoms with van der Waals surface area (Å²) in [6.45, 7) is 10.1. The van der Waals surface area contributed by atoms with Crippen molar-refractivity contribution >= 4 is 17.5 Å². The van der Waals surface area contributed by atoms with Crippen molar-refractivity contribution in [1.82, 2.24) is 15.5 Å². The first kappa shape index (κ1) is 19.4. The summed E-state index contributed by atoms with van der Waals surface area (Å²) in [6.07, 6.45) is 1.36. The predicted octanol–water partition coefficient (Wildman–Crippen LogP) is 4.95. The molecule has 2 atom stereocenters. The average Bonchev–Trinajstić information content (AvgIpc) is 3.03. The molecule has 0 saturated carbocycles. The van der Waals surface area contributed by atoms with Gasteiger partial charge in [0, 0.05) is 17.0 Å². The normalized spacial score (nSPS) is 13.7. The van der Waals surface area contributed by atoms with Crippen molar-refractivity contribution in [1.29, 1.82) is 0 Å². The molecule has 25 heavy (non-hydrogen) atoms. The molecule has 1 heterocycles. The quantitative estimate of drug-likeness (QED) is 0.755. The summed E-state index contributed by atoms with van der Waals surface area (Å²) >= 11 is 6.18. The molecule has 2 rings (SSSR count). The van der Waals surface area contributed by atoms with E-state index in [1.807, 2.05) is 39.0 Å². The first-order valence-corrected chi connectivity index (χ1v) is 9.09. The van der Waals surface area contributed by atoms with Crippen LogP contribution in [0.15, 0.2) is 22.7 Å². The summed E-state index contributed by atoms with van der Waals surface area (Å²) in [4.78, 5) is 16.7. The number of carbonyl (C=O) groups is 1. The van der Waals surface area contributed by atoms with Gasteiger partial charge in [-0.3, -0.25) is 4.79 Å². The lowest BCUT2D eigenvalue weighted by molar-refractivity contribution is -0.123. The number of aromatic nitrogens is 2. The Morgan fingerprint density at radius 2 is 2.04 bits per heavy atom. The largest absolute Gasteiger partial charge is 0.344 e. The number of nitrogens with zero attached hydrogens (tertiary/aromatic N) is 2. The van der Waals surface area contributed by atoms with E-state index in [9.17, 15) is 4.79 Å². The topological polar surface area (TPSA) is 68.0 Å². The molecule has 1 amide bonds. The summed E-state index contributed by atoms with van der Waals surface area (Å²) in [7, 11) is 0. The summed E-state index contributed by atoms with van der Waals surface area (Å²) in [5, 5.41) is 7.77. The van der Waals surface area contributed by atoms with Gasteiger partial charge in [-0.25, -0.2) is 0 Å². The zero-order valence-electron chi connectivity index (χ0n) is 15.5. The lowest BCUT2D eigenvalue weighted by atomic mass is 9.98. The van der Waals surface area contributed by atoms with Crippen LogP contribution in [-0.4, -0.2) is 16.0 Å². The number of halogens is 1. The Balaban J connectivity index is 2.25. The molecule has 0 unspecified atom stereocenters. The van der Waals surface area contributed by atoms with Crippen LogP contribution in [0.25, 0.3) is 11.4 Å². The van der Waals surface area contributed by atoms with Gasteiger partial charge in [-0.15, -0.1) is 0 Å². The molecule has 5 nitrogen and oxygen atoms in total. The Morgan fingerprint density at radius 1 is 1.32 bits per heavy atom. The highest BCUT2D eigenvalue weighted by Gasteiger charge is 2.26. The maximum absolute atomic E-state index is 12.2. The van der Waals surface area contributed by atoms with E-state index < -0.39 is 0 Å². The molecule has 1 N–H and O–H groups in total. The van der Waals surface area contributed by atoms with Gasteiger partial charge in [0.05, 0.1) is 0 Å². The van der Waals surface area contributed by atoms with Gasteiger partial charge in [-0.2, -0.15) is 4.98 Å². The molecule has 0 bridgehead atoms. The third-order valence-electron chi connectivity index (χ3n) is 4.26. The van der Waals surface area contributed by atoms with Crippen molar-refractivity contribution < 1.29 is 9.32 Å². The standard InChI is InChI=1S/C19H26ClN3O2/c1-6-12(4)17(21-16(24)9-11(2)3)19-22-18(23-25-19)14-8-7-13(5)15(20)10-14/h7-8,10-12,17H,6,9H2,1-5H3,(H,21,24)/t12-,17+/m0/s1. The molecule has 0 aliphatic heterocycles. The zero-order valence-corrected chi connectivity index (χ0v) is 16.2. The zero-order chi connectivity index (χ0) is 18.6. The van der Waals surface area contributed by atoms with Crippen molar-refractivity contribution in [2.75, 3.05) is 0 Å². The van der Waals surface area contributed by atoms with Crippen LogP contribution in [-0.2, 0) is 4.79 Å². The SMILES string of the molecule is CC[C@H](C)[C@@H](NC(=O)CC(C)C)c1nc(-c2ccc(C)c(Cl)c2)no1. The van der Waals surface area contributed by atoms with E-state index in [1.165, 1.54) is 0 Å². The highest BCUT2D eigenvalue weighted by atomic mass is 35.5. The number of aryl methyl sites for hydroxylation is 1. The lowest BCUT2D eigenvalue weighted by Crippen LogP contribution is -2.33. The van der Waals surface area contributed by atoms with Crippen LogP contribution in [0.5, 0.6) is 0 Å². The maximum atomic E-state index is 12.2. The third-order valence-corrected chi connectivity index (χ3v) is 4.67. The maximum Gasteiger partial charge on any atom is 0.249 e. The molecule has 0 aliphatic rings. The van der Waals surface area contributed by atoms with Gasteiger partial charge in [0.1, 0.15) is 6.04 Å². The number of benzene rings is 1. The molecular formula is C19H26ClN3O2. The Morgan fingerprint density at radius 3 is 2.64 bits per heavy atom. The molecule has 2 aromatic rings. The number of hydrogen-bond acceptors (Lipinski definition) is 4. The second-order valence-corrected chi connectivity index (χ2v) is 7.36. The number of carbonyl (C=O) groups excluding carboxylic acids is 1. The number of hydrogen-bond donors (Lipinski definition) is 1. The van der Waals surface area contributed by atoms with E-state index in [4.69, 9.17) is 16.1 Å². The van der Waals surface area contributed by atoms with Crippen molar-refractivity contribution in [3.8, 4) is 11.4 Å². The fourth-order valence-corrected chi connectivity index (χ4v) is 2.68. The first-order chi connectivity index (χ1) is 11.8. The van der Waals surface area contributed by atoms with Crippen LogP contribution in [0, 0.1) is 18.8 Å². The highest BCUT2D eigenvalue weighted by molar-refractivity contribution is 6.31. The third kappa shape index (κ3) is 5.05. The number of nitrogens with one attached hydrogen (secondary N) is 1. The monoisotopic (exact) mass is 363 g/mol. The Labute approximate surface area is 154 Å². The summed E-state index contributed by atoms with van der Waals surface area (Å²) < 4.78 is 5.46. The van der Waals surface area contributed by atoms with Gasteiger partial charge in [0.25, 0.3) is 0 Å². The van der Waals surface area contributed by atoms with E-state index in [0.29, 0.717) is 29.1 Å². The summed E-state index contributed by atoms with van der Waals surface area (Å²) in [6, 6.07) is 5.36. The van der Waals surface area contributed by atoms with E-state index in [0.717, 1.165) is 17.5 Å². The Kier molecular flexibility index (Phi) is 6.59. The summed E-state index contributed by atoms with van der Waals surface area (Å²) in [5.74, 6) is 1.39. The minimum Gasteiger partial charge on any atom is -0.344 e. The van der Waals surface area contributed by atoms with Crippen LogP contribution >= 0.6 is 11.6 Å². The van der Waals surface area contributed by atoms with Gasteiger partial charge in [0.2, 0.25) is 17.6 Å². The first-order valence-electron chi connectivity index (χ1n) is 8.71. The van der Waals surface area contributed by atoms with Crippen LogP contribution in [0.3, 0.4) is 0 Å². The molecule has 1 aromatic heterocycles. The van der Waals surface area contributed by atoms with Gasteiger partial charge < -0.3 is 9.84 Å². The van der Waals surface area contributed by atoms with Crippen LogP contribution in [0.2, 0.25) is 5.02 Å². The molecule has 6 heteroatoms. The van der Waals surface area contributed by atoms with Crippen molar-refractivity contribution in [2.24, 2.45) is 11.8 Å². The second-order valence-electron chi connectivity index (χ2n) is 6.95. The van der Waals surface area contributed by atoms with Crippen LogP contribution in [0.1, 0.15) is 58.0 Å². The molecule has 136 valence electrons. The molecule has 0 radical (unpaired) electrons. The van der Waals surface area contributed by atoms with Crippen LogP contribution < -0.4 is 5.32 Å². The van der Waals surface area contributed by atoms with Gasteiger partial charge in [-0.1, -0.05) is 63.0 Å².